The molecule has 0 aromatic heterocycles. The Labute approximate surface area is 79.8 Å². The number of nitrogens with zero attached hydrogens (tertiary/aromatic N) is 2. The minimum absolute atomic E-state index is 0.0893. The van der Waals surface area contributed by atoms with E-state index in [4.69, 9.17) is 0 Å². The van der Waals surface area contributed by atoms with Crippen molar-refractivity contribution in [2.24, 2.45) is 10.9 Å². The minimum atomic E-state index is -0.0893. The lowest BCUT2D eigenvalue weighted by atomic mass is 10.1. The maximum absolute atomic E-state index is 11.1. The topological polar surface area (TPSA) is 32.7 Å². The Hall–Kier alpha value is -0.860. The van der Waals surface area contributed by atoms with Gasteiger partial charge in [-0.1, -0.05) is 13.8 Å². The maximum Gasteiger partial charge on any atom is 0.154 e. The number of Topliss-reactive ketones (excluding diaryl/α,β-unsaturated/α-hetero) is 1. The van der Waals surface area contributed by atoms with E-state index in [2.05, 4.69) is 23.7 Å². The highest BCUT2D eigenvalue weighted by Gasteiger charge is 2.23. The molecule has 3 nitrogen and oxygen atoms in total. The highest BCUT2D eigenvalue weighted by atomic mass is 16.1. The first-order valence-electron chi connectivity index (χ1n) is 4.81. The maximum atomic E-state index is 11.1. The fourth-order valence-electron chi connectivity index (χ4n) is 1.64. The summed E-state index contributed by atoms with van der Waals surface area (Å²) < 4.78 is 0. The number of aliphatic imine (C=N–C) groups is 1. The molecule has 1 aliphatic heterocycles. The summed E-state index contributed by atoms with van der Waals surface area (Å²) in [7, 11) is 2.04. The van der Waals surface area contributed by atoms with Crippen molar-refractivity contribution in [3.8, 4) is 0 Å². The van der Waals surface area contributed by atoms with Crippen molar-refractivity contribution < 1.29 is 4.79 Å². The van der Waals surface area contributed by atoms with Crippen molar-refractivity contribution in [2.75, 3.05) is 13.6 Å². The average molecular weight is 182 g/mol. The van der Waals surface area contributed by atoms with Gasteiger partial charge in [0.25, 0.3) is 0 Å². The molecule has 0 fully saturated rings. The Bertz CT molecular complexity index is 233. The number of hydrogen-bond acceptors (Lipinski definition) is 3. The number of amidine groups is 1. The van der Waals surface area contributed by atoms with E-state index in [0.717, 1.165) is 18.8 Å². The minimum Gasteiger partial charge on any atom is -0.363 e. The quantitative estimate of drug-likeness (QED) is 0.645. The number of hydrogen-bond donors (Lipinski definition) is 0. The van der Waals surface area contributed by atoms with Crippen molar-refractivity contribution in [1.82, 2.24) is 4.90 Å². The van der Waals surface area contributed by atoms with E-state index in [-0.39, 0.29) is 11.8 Å². The summed E-state index contributed by atoms with van der Waals surface area (Å²) in [6.45, 7) is 6.79. The molecular weight excluding hydrogens is 164 g/mol. The van der Waals surface area contributed by atoms with Crippen molar-refractivity contribution in [3.63, 3.8) is 0 Å². The summed E-state index contributed by atoms with van der Waals surface area (Å²) in [6.07, 6.45) is 0.863. The number of carbonyl (C=O) groups is 1. The van der Waals surface area contributed by atoms with Crippen LogP contribution in [0, 0.1) is 5.92 Å². The van der Waals surface area contributed by atoms with Gasteiger partial charge in [-0.05, 0) is 13.3 Å². The largest absolute Gasteiger partial charge is 0.363 e. The second-order valence-electron chi connectivity index (χ2n) is 3.98. The molecule has 0 saturated carbocycles. The third kappa shape index (κ3) is 2.29. The van der Waals surface area contributed by atoms with Crippen LogP contribution in [0.5, 0.6) is 0 Å². The molecule has 74 valence electrons. The zero-order valence-corrected chi connectivity index (χ0v) is 8.87. The van der Waals surface area contributed by atoms with E-state index in [9.17, 15) is 4.79 Å². The van der Waals surface area contributed by atoms with Gasteiger partial charge in [0.2, 0.25) is 0 Å². The monoisotopic (exact) mass is 182 g/mol. The van der Waals surface area contributed by atoms with Gasteiger partial charge in [-0.2, -0.15) is 0 Å². The molecule has 0 unspecified atom stereocenters. The van der Waals surface area contributed by atoms with Gasteiger partial charge in [0, 0.05) is 19.5 Å². The number of rotatable bonds is 2. The van der Waals surface area contributed by atoms with E-state index in [1.807, 2.05) is 7.05 Å². The first-order valence-corrected chi connectivity index (χ1v) is 4.81. The van der Waals surface area contributed by atoms with Gasteiger partial charge in [-0.25, -0.2) is 0 Å². The Balaban J connectivity index is 2.82. The third-order valence-electron chi connectivity index (χ3n) is 2.40. The summed E-state index contributed by atoms with van der Waals surface area (Å²) in [5, 5.41) is 0. The molecule has 1 heterocycles. The van der Waals surface area contributed by atoms with Crippen LogP contribution in [0.3, 0.4) is 0 Å². The van der Waals surface area contributed by atoms with Gasteiger partial charge in [-0.15, -0.1) is 0 Å². The molecule has 0 aromatic carbocycles. The molecule has 0 saturated heterocycles. The van der Waals surface area contributed by atoms with Crippen molar-refractivity contribution in [2.45, 2.75) is 33.2 Å². The smallest absolute Gasteiger partial charge is 0.154 e. The summed E-state index contributed by atoms with van der Waals surface area (Å²) in [4.78, 5) is 17.7. The molecule has 1 rings (SSSR count). The van der Waals surface area contributed by atoms with Crippen LogP contribution in [0.1, 0.15) is 27.2 Å². The lowest BCUT2D eigenvalue weighted by molar-refractivity contribution is -0.118. The molecule has 1 aliphatic rings. The van der Waals surface area contributed by atoms with Crippen molar-refractivity contribution >= 4 is 11.6 Å². The van der Waals surface area contributed by atoms with Crippen LogP contribution in [-0.4, -0.2) is 36.2 Å². The van der Waals surface area contributed by atoms with Crippen LogP contribution in [0.2, 0.25) is 0 Å². The van der Waals surface area contributed by atoms with Crippen LogP contribution >= 0.6 is 0 Å². The fourth-order valence-corrected chi connectivity index (χ4v) is 1.64. The molecule has 13 heavy (non-hydrogen) atoms. The molecular formula is C10H18N2O. The standard InChI is InChI=1S/C10H18N2O/c1-7(2)10-11-9(8(3)13)5-6-12(10)4/h7,9H,5-6H2,1-4H3/t9-/m0/s1. The summed E-state index contributed by atoms with van der Waals surface area (Å²) in [5.74, 6) is 1.66. The van der Waals surface area contributed by atoms with Gasteiger partial charge < -0.3 is 4.90 Å². The second-order valence-corrected chi connectivity index (χ2v) is 3.98. The molecule has 3 heteroatoms. The van der Waals surface area contributed by atoms with Crippen LogP contribution in [0.4, 0.5) is 0 Å². The summed E-state index contributed by atoms with van der Waals surface area (Å²) >= 11 is 0. The Kier molecular flexibility index (Phi) is 3.07. The Morgan fingerprint density at radius 1 is 1.62 bits per heavy atom. The number of ketones is 1. The molecule has 1 atom stereocenters. The predicted octanol–water partition coefficient (Wildman–Crippen LogP) is 1.33. The van der Waals surface area contributed by atoms with Crippen LogP contribution < -0.4 is 0 Å². The third-order valence-corrected chi connectivity index (χ3v) is 2.40. The number of carbonyl (C=O) groups excluding carboxylic acids is 1. The van der Waals surface area contributed by atoms with Crippen molar-refractivity contribution in [3.05, 3.63) is 0 Å². The van der Waals surface area contributed by atoms with Gasteiger partial charge in [-0.3, -0.25) is 9.79 Å². The van der Waals surface area contributed by atoms with E-state index in [0.29, 0.717) is 5.92 Å². The normalized spacial score (nSPS) is 23.3. The molecule has 0 aliphatic carbocycles. The Morgan fingerprint density at radius 2 is 2.23 bits per heavy atom. The zero-order valence-electron chi connectivity index (χ0n) is 8.87. The predicted molar refractivity (Wildman–Crippen MR) is 54.0 cm³/mol. The molecule has 0 bridgehead atoms. The molecule has 0 radical (unpaired) electrons. The van der Waals surface area contributed by atoms with E-state index >= 15 is 0 Å². The van der Waals surface area contributed by atoms with Gasteiger partial charge in [0.05, 0.1) is 0 Å². The first kappa shape index (κ1) is 10.2. The Morgan fingerprint density at radius 3 is 2.69 bits per heavy atom. The van der Waals surface area contributed by atoms with Crippen LogP contribution in [-0.2, 0) is 4.79 Å². The molecule has 0 spiro atoms. The van der Waals surface area contributed by atoms with Crippen molar-refractivity contribution in [1.29, 1.82) is 0 Å². The zero-order chi connectivity index (χ0) is 10.0. The van der Waals surface area contributed by atoms with E-state index in [1.54, 1.807) is 6.92 Å². The molecule has 0 N–H and O–H groups in total. The highest BCUT2D eigenvalue weighted by Crippen LogP contribution is 2.14. The lowest BCUT2D eigenvalue weighted by Crippen LogP contribution is -2.40. The van der Waals surface area contributed by atoms with Gasteiger partial charge in [0.1, 0.15) is 11.9 Å². The first-order chi connectivity index (χ1) is 6.02. The van der Waals surface area contributed by atoms with Gasteiger partial charge >= 0.3 is 0 Å². The van der Waals surface area contributed by atoms with E-state index in [1.165, 1.54) is 0 Å². The second kappa shape index (κ2) is 3.90. The fraction of sp³-hybridized carbons (Fsp3) is 0.800. The lowest BCUT2D eigenvalue weighted by Gasteiger charge is -2.30. The van der Waals surface area contributed by atoms with Crippen LogP contribution in [0.25, 0.3) is 0 Å². The van der Waals surface area contributed by atoms with E-state index < -0.39 is 0 Å². The summed E-state index contributed by atoms with van der Waals surface area (Å²) in [5.41, 5.74) is 0. The summed E-state index contributed by atoms with van der Waals surface area (Å²) in [6, 6.07) is -0.0893. The van der Waals surface area contributed by atoms with Gasteiger partial charge in [0.15, 0.2) is 5.78 Å². The molecule has 0 aromatic rings. The SMILES string of the molecule is CC(=O)[C@@H]1CCN(C)C(C(C)C)=N1. The molecule has 0 amide bonds. The highest BCUT2D eigenvalue weighted by molar-refractivity contribution is 5.90. The van der Waals surface area contributed by atoms with Crippen LogP contribution in [0.15, 0.2) is 4.99 Å². The average Bonchev–Trinajstić information content (AvgIpc) is 2.04.